The summed E-state index contributed by atoms with van der Waals surface area (Å²) in [5.41, 5.74) is 2.15. The molecule has 0 radical (unpaired) electrons. The third kappa shape index (κ3) is 2.80. The highest BCUT2D eigenvalue weighted by molar-refractivity contribution is 7.22. The Kier molecular flexibility index (Phi) is 3.80. The second-order valence-electron chi connectivity index (χ2n) is 4.41. The molecule has 112 valence electrons. The Bertz CT molecular complexity index is 890. The summed E-state index contributed by atoms with van der Waals surface area (Å²) in [7, 11) is 0. The fourth-order valence-corrected chi connectivity index (χ4v) is 2.95. The van der Waals surface area contributed by atoms with E-state index in [-0.39, 0.29) is 12.6 Å². The van der Waals surface area contributed by atoms with Crippen molar-refractivity contribution in [3.05, 3.63) is 18.5 Å². The minimum Gasteiger partial charge on any atom is -0.465 e. The second kappa shape index (κ2) is 5.91. The van der Waals surface area contributed by atoms with Crippen molar-refractivity contribution in [3.63, 3.8) is 0 Å². The van der Waals surface area contributed by atoms with Gasteiger partial charge in [-0.1, -0.05) is 17.3 Å². The van der Waals surface area contributed by atoms with Crippen LogP contribution in [-0.2, 0) is 0 Å². The van der Waals surface area contributed by atoms with Crippen LogP contribution >= 0.6 is 11.3 Å². The van der Waals surface area contributed by atoms with E-state index in [4.69, 9.17) is 9.52 Å². The number of carbonyl (C=O) groups is 1. The first-order valence-corrected chi connectivity index (χ1v) is 7.27. The summed E-state index contributed by atoms with van der Waals surface area (Å²) < 4.78 is 6.23. The molecule has 0 saturated carbocycles. The number of amides is 1. The van der Waals surface area contributed by atoms with Gasteiger partial charge in [-0.15, -0.1) is 5.92 Å². The van der Waals surface area contributed by atoms with Crippen molar-refractivity contribution in [2.24, 2.45) is 0 Å². The molecule has 22 heavy (non-hydrogen) atoms. The average Bonchev–Trinajstić information content (AvgIpc) is 3.09. The number of rotatable bonds is 4. The molecule has 1 amide bonds. The lowest BCUT2D eigenvalue weighted by molar-refractivity contribution is 0.194. The molecule has 0 aliphatic heterocycles. The van der Waals surface area contributed by atoms with Crippen LogP contribution in [0.3, 0.4) is 0 Å². The van der Waals surface area contributed by atoms with Crippen molar-refractivity contribution in [2.75, 3.05) is 11.9 Å². The van der Waals surface area contributed by atoms with Gasteiger partial charge in [-0.25, -0.2) is 14.8 Å². The van der Waals surface area contributed by atoms with E-state index < -0.39 is 6.09 Å². The van der Waals surface area contributed by atoms with Gasteiger partial charge >= 0.3 is 6.09 Å². The summed E-state index contributed by atoms with van der Waals surface area (Å²) in [6, 6.07) is 3.42. The van der Waals surface area contributed by atoms with Gasteiger partial charge in [0.2, 0.25) is 0 Å². The molecule has 0 aliphatic rings. The molecular weight excluding hydrogens is 304 g/mol. The van der Waals surface area contributed by atoms with Gasteiger partial charge in [0.15, 0.2) is 17.1 Å². The minimum absolute atomic E-state index is 0.172. The topological polar surface area (TPSA) is 100 Å². The highest BCUT2D eigenvalue weighted by Gasteiger charge is 2.13. The van der Waals surface area contributed by atoms with E-state index in [0.29, 0.717) is 16.2 Å². The number of nitrogens with one attached hydrogen (secondary N) is 2. The van der Waals surface area contributed by atoms with Crippen LogP contribution in [0, 0.1) is 11.8 Å². The summed E-state index contributed by atoms with van der Waals surface area (Å²) in [6.07, 6.45) is 0.303. The molecular formula is C14H12N4O3S. The van der Waals surface area contributed by atoms with Crippen LogP contribution in [0.15, 0.2) is 22.9 Å². The molecule has 3 aromatic rings. The molecule has 7 nitrogen and oxygen atoms in total. The van der Waals surface area contributed by atoms with Crippen LogP contribution in [0.1, 0.15) is 6.92 Å². The fourth-order valence-electron chi connectivity index (χ4n) is 2.03. The molecule has 2 heterocycles. The van der Waals surface area contributed by atoms with E-state index in [0.717, 1.165) is 10.2 Å². The van der Waals surface area contributed by atoms with Crippen LogP contribution in [0.25, 0.3) is 21.3 Å². The van der Waals surface area contributed by atoms with E-state index in [2.05, 4.69) is 32.4 Å². The van der Waals surface area contributed by atoms with Gasteiger partial charge in [-0.2, -0.15) is 0 Å². The highest BCUT2D eigenvalue weighted by Crippen LogP contribution is 2.31. The first-order valence-electron chi connectivity index (χ1n) is 6.45. The van der Waals surface area contributed by atoms with Crippen LogP contribution < -0.4 is 10.6 Å². The third-order valence-electron chi connectivity index (χ3n) is 2.93. The Morgan fingerprint density at radius 3 is 3.14 bits per heavy atom. The van der Waals surface area contributed by atoms with E-state index in [1.807, 2.05) is 12.1 Å². The lowest BCUT2D eigenvalue weighted by Crippen LogP contribution is -2.34. The summed E-state index contributed by atoms with van der Waals surface area (Å²) in [4.78, 5) is 19.3. The number of thiazole rings is 1. The monoisotopic (exact) mass is 316 g/mol. The predicted octanol–water partition coefficient (Wildman–Crippen LogP) is 2.51. The molecule has 0 bridgehead atoms. The van der Waals surface area contributed by atoms with Gasteiger partial charge < -0.3 is 20.2 Å². The first-order chi connectivity index (χ1) is 10.7. The maximum Gasteiger partial charge on any atom is 0.404 e. The minimum atomic E-state index is -1.08. The van der Waals surface area contributed by atoms with Crippen molar-refractivity contribution in [3.8, 4) is 11.8 Å². The number of hydrogen-bond donors (Lipinski definition) is 3. The SMILES string of the molecule is CC#CC(CNC(=O)O)Nc1nc2c(ccc3ocnc32)s1. The number of carboxylic acid groups (broad SMARTS) is 1. The summed E-state index contributed by atoms with van der Waals surface area (Å²) in [6.45, 7) is 1.87. The number of oxazole rings is 1. The summed E-state index contributed by atoms with van der Waals surface area (Å²) >= 11 is 1.46. The number of anilines is 1. The Morgan fingerprint density at radius 1 is 1.50 bits per heavy atom. The van der Waals surface area contributed by atoms with Gasteiger partial charge in [0.1, 0.15) is 17.1 Å². The van der Waals surface area contributed by atoms with Gasteiger partial charge in [-0.3, -0.25) is 0 Å². The second-order valence-corrected chi connectivity index (χ2v) is 5.44. The molecule has 3 N–H and O–H groups in total. The molecule has 1 unspecified atom stereocenters. The van der Waals surface area contributed by atoms with Crippen molar-refractivity contribution >= 4 is 43.9 Å². The van der Waals surface area contributed by atoms with Crippen molar-refractivity contribution in [1.29, 1.82) is 0 Å². The standard InChI is InChI=1S/C14H12N4O3S/c1-2-3-8(6-15-14(19)20)17-13-18-12-10(22-13)5-4-9-11(12)16-7-21-9/h4-5,7-8,15H,6H2,1H3,(H,17,18)(H,19,20). The van der Waals surface area contributed by atoms with Crippen molar-refractivity contribution in [2.45, 2.75) is 13.0 Å². The molecule has 0 saturated heterocycles. The Morgan fingerprint density at radius 2 is 2.36 bits per heavy atom. The van der Waals surface area contributed by atoms with E-state index in [1.165, 1.54) is 17.7 Å². The zero-order valence-electron chi connectivity index (χ0n) is 11.6. The maximum atomic E-state index is 10.6. The normalized spacial score (nSPS) is 11.9. The molecule has 8 heteroatoms. The molecule has 2 aromatic heterocycles. The number of benzene rings is 1. The van der Waals surface area contributed by atoms with Gasteiger partial charge in [-0.05, 0) is 19.1 Å². The lowest BCUT2D eigenvalue weighted by atomic mass is 10.3. The summed E-state index contributed by atoms with van der Waals surface area (Å²) in [5, 5.41) is 14.8. The lowest BCUT2D eigenvalue weighted by Gasteiger charge is -2.11. The first kappa shape index (κ1) is 14.2. The zero-order valence-corrected chi connectivity index (χ0v) is 12.4. The Labute approximate surface area is 129 Å². The van der Waals surface area contributed by atoms with Gasteiger partial charge in [0, 0.05) is 0 Å². The number of hydrogen-bond acceptors (Lipinski definition) is 6. The van der Waals surface area contributed by atoms with E-state index >= 15 is 0 Å². The van der Waals surface area contributed by atoms with Crippen molar-refractivity contribution in [1.82, 2.24) is 15.3 Å². The predicted molar refractivity (Wildman–Crippen MR) is 84.1 cm³/mol. The summed E-state index contributed by atoms with van der Waals surface area (Å²) in [5.74, 6) is 5.68. The molecule has 0 fully saturated rings. The fraction of sp³-hybridized carbons (Fsp3) is 0.214. The van der Waals surface area contributed by atoms with Crippen molar-refractivity contribution < 1.29 is 14.3 Å². The smallest absolute Gasteiger partial charge is 0.404 e. The number of nitrogens with zero attached hydrogens (tertiary/aromatic N) is 2. The molecule has 0 aliphatic carbocycles. The van der Waals surface area contributed by atoms with E-state index in [1.54, 1.807) is 6.92 Å². The molecule has 0 spiro atoms. The highest BCUT2D eigenvalue weighted by atomic mass is 32.1. The van der Waals surface area contributed by atoms with Crippen LogP contribution in [0.2, 0.25) is 0 Å². The van der Waals surface area contributed by atoms with E-state index in [9.17, 15) is 4.79 Å². The third-order valence-corrected chi connectivity index (χ3v) is 3.88. The van der Waals surface area contributed by atoms with Crippen LogP contribution in [-0.4, -0.2) is 33.8 Å². The average molecular weight is 316 g/mol. The van der Waals surface area contributed by atoms with Gasteiger partial charge in [0.25, 0.3) is 0 Å². The molecule has 1 atom stereocenters. The molecule has 3 rings (SSSR count). The Balaban J connectivity index is 1.88. The van der Waals surface area contributed by atoms with Crippen LogP contribution in [0.4, 0.5) is 9.93 Å². The van der Waals surface area contributed by atoms with Gasteiger partial charge in [0.05, 0.1) is 11.2 Å². The quantitative estimate of drug-likeness (QED) is 0.639. The largest absolute Gasteiger partial charge is 0.465 e. The van der Waals surface area contributed by atoms with Crippen LogP contribution in [0.5, 0.6) is 0 Å². The zero-order chi connectivity index (χ0) is 15.5. The Hall–Kier alpha value is -2.79. The maximum absolute atomic E-state index is 10.6. The number of fused-ring (bicyclic) bond motifs is 3. The number of aromatic nitrogens is 2. The molecule has 1 aromatic carbocycles.